The van der Waals surface area contributed by atoms with Crippen molar-refractivity contribution in [1.82, 2.24) is 10.2 Å². The van der Waals surface area contributed by atoms with Gasteiger partial charge in [-0.2, -0.15) is 0 Å². The van der Waals surface area contributed by atoms with Gasteiger partial charge in [-0.25, -0.2) is 0 Å². The molecule has 0 aromatic heterocycles. The van der Waals surface area contributed by atoms with Crippen LogP contribution < -0.4 is 5.32 Å². The molecule has 2 N–H and O–H groups in total. The third kappa shape index (κ3) is 3.76. The van der Waals surface area contributed by atoms with Crippen LogP contribution in [0.5, 0.6) is 0 Å². The zero-order valence-electron chi connectivity index (χ0n) is 13.2. The molecule has 2 rings (SSSR count). The minimum atomic E-state index is -0.313. The first-order chi connectivity index (χ1) is 10.0. The molecule has 1 saturated carbocycles. The molecule has 0 aromatic rings. The van der Waals surface area contributed by atoms with Gasteiger partial charge >= 0.3 is 0 Å². The van der Waals surface area contributed by atoms with E-state index in [9.17, 15) is 9.59 Å². The molecule has 1 saturated heterocycles. The van der Waals surface area contributed by atoms with Crippen LogP contribution in [0.2, 0.25) is 0 Å². The highest BCUT2D eigenvalue weighted by molar-refractivity contribution is 5.89. The summed E-state index contributed by atoms with van der Waals surface area (Å²) in [5.41, 5.74) is 0. The Morgan fingerprint density at radius 1 is 1.19 bits per heavy atom. The number of rotatable bonds is 5. The second kappa shape index (κ2) is 7.25. The molecular weight excluding hydrogens is 268 g/mol. The van der Waals surface area contributed by atoms with Crippen molar-refractivity contribution in [2.45, 2.75) is 64.5 Å². The third-order valence-electron chi connectivity index (χ3n) is 5.05. The first-order valence-electron chi connectivity index (χ1n) is 8.26. The van der Waals surface area contributed by atoms with Gasteiger partial charge in [0.2, 0.25) is 11.8 Å². The molecule has 2 aliphatic rings. The quantitative estimate of drug-likeness (QED) is 0.803. The van der Waals surface area contributed by atoms with Crippen molar-refractivity contribution in [3.05, 3.63) is 0 Å². The molecule has 2 fully saturated rings. The summed E-state index contributed by atoms with van der Waals surface area (Å²) in [6.07, 6.45) is 5.87. The first kappa shape index (κ1) is 16.3. The Balaban J connectivity index is 1.94. The number of likely N-dealkylation sites (tertiary alicyclic amines) is 1. The van der Waals surface area contributed by atoms with Crippen molar-refractivity contribution >= 4 is 11.8 Å². The van der Waals surface area contributed by atoms with Gasteiger partial charge in [0.05, 0.1) is 0 Å². The Kier molecular flexibility index (Phi) is 5.62. The highest BCUT2D eigenvalue weighted by atomic mass is 16.3. The second-order valence-electron chi connectivity index (χ2n) is 6.63. The van der Waals surface area contributed by atoms with E-state index in [1.54, 1.807) is 4.90 Å². The molecule has 0 spiro atoms. The average molecular weight is 296 g/mol. The predicted molar refractivity (Wildman–Crippen MR) is 80.5 cm³/mol. The van der Waals surface area contributed by atoms with Crippen molar-refractivity contribution in [3.8, 4) is 0 Å². The Labute approximate surface area is 127 Å². The maximum absolute atomic E-state index is 12.5. The van der Waals surface area contributed by atoms with Gasteiger partial charge in [-0.05, 0) is 38.5 Å². The molecule has 3 unspecified atom stereocenters. The lowest BCUT2D eigenvalue weighted by molar-refractivity contribution is -0.141. The van der Waals surface area contributed by atoms with E-state index in [1.165, 1.54) is 0 Å². The molecular formula is C16H28N2O3. The molecule has 0 bridgehead atoms. The van der Waals surface area contributed by atoms with E-state index in [2.05, 4.69) is 5.32 Å². The summed E-state index contributed by atoms with van der Waals surface area (Å²) in [6.45, 7) is 4.56. The lowest BCUT2D eigenvalue weighted by atomic mass is 10.0. The van der Waals surface area contributed by atoms with Gasteiger partial charge in [-0.15, -0.1) is 0 Å². The van der Waals surface area contributed by atoms with Crippen LogP contribution in [0.4, 0.5) is 0 Å². The molecule has 2 amide bonds. The van der Waals surface area contributed by atoms with Crippen LogP contribution in [-0.2, 0) is 9.59 Å². The molecule has 3 atom stereocenters. The number of nitrogens with zero attached hydrogens (tertiary/aromatic N) is 1. The van der Waals surface area contributed by atoms with Crippen LogP contribution >= 0.6 is 0 Å². The van der Waals surface area contributed by atoms with Gasteiger partial charge in [-0.1, -0.05) is 19.8 Å². The molecule has 0 aromatic carbocycles. The summed E-state index contributed by atoms with van der Waals surface area (Å²) >= 11 is 0. The van der Waals surface area contributed by atoms with E-state index < -0.39 is 0 Å². The molecule has 120 valence electrons. The highest BCUT2D eigenvalue weighted by Crippen LogP contribution is 2.29. The zero-order chi connectivity index (χ0) is 15.4. The maximum Gasteiger partial charge on any atom is 0.243 e. The number of carbonyl (C=O) groups excluding carboxylic acids is 2. The summed E-state index contributed by atoms with van der Waals surface area (Å²) in [5.74, 6) is 0.265. The average Bonchev–Trinajstić information content (AvgIpc) is 3.16. The molecule has 0 radical (unpaired) electrons. The van der Waals surface area contributed by atoms with Crippen molar-refractivity contribution in [1.29, 1.82) is 0 Å². The lowest BCUT2D eigenvalue weighted by Crippen LogP contribution is -2.50. The number of carbonyl (C=O) groups is 2. The van der Waals surface area contributed by atoms with E-state index in [0.717, 1.165) is 38.5 Å². The first-order valence-corrected chi connectivity index (χ1v) is 8.26. The zero-order valence-corrected chi connectivity index (χ0v) is 13.2. The summed E-state index contributed by atoms with van der Waals surface area (Å²) in [6, 6.07) is -0.391. The summed E-state index contributed by atoms with van der Waals surface area (Å²) < 4.78 is 0. The van der Waals surface area contributed by atoms with E-state index in [-0.39, 0.29) is 42.3 Å². The van der Waals surface area contributed by atoms with Gasteiger partial charge in [0.25, 0.3) is 0 Å². The number of aliphatic hydroxyl groups excluding tert-OH is 1. The van der Waals surface area contributed by atoms with Crippen molar-refractivity contribution in [2.24, 2.45) is 11.8 Å². The van der Waals surface area contributed by atoms with Crippen molar-refractivity contribution < 1.29 is 14.7 Å². The molecule has 21 heavy (non-hydrogen) atoms. The molecule has 5 heteroatoms. The third-order valence-corrected chi connectivity index (χ3v) is 5.05. The maximum atomic E-state index is 12.5. The second-order valence-corrected chi connectivity index (χ2v) is 6.63. The fraction of sp³-hybridized carbons (Fsp3) is 0.875. The fourth-order valence-electron chi connectivity index (χ4n) is 3.33. The van der Waals surface area contributed by atoms with Crippen molar-refractivity contribution in [3.63, 3.8) is 0 Å². The topological polar surface area (TPSA) is 69.6 Å². The Bertz CT molecular complexity index is 380. The monoisotopic (exact) mass is 296 g/mol. The summed E-state index contributed by atoms with van der Waals surface area (Å²) in [4.78, 5) is 26.8. The van der Waals surface area contributed by atoms with E-state index >= 15 is 0 Å². The van der Waals surface area contributed by atoms with Crippen LogP contribution in [0.1, 0.15) is 52.4 Å². The number of hydrogen-bond donors (Lipinski definition) is 2. The Hall–Kier alpha value is -1.10. The van der Waals surface area contributed by atoms with E-state index in [4.69, 9.17) is 5.11 Å². The summed E-state index contributed by atoms with van der Waals surface area (Å²) in [5, 5.41) is 12.1. The number of hydrogen-bond acceptors (Lipinski definition) is 3. The number of amides is 2. The standard InChI is InChI=1S/C16H28N2O3/c1-11(10-19)12(2)17-15(20)14-8-5-9-18(14)16(21)13-6-3-4-7-13/h11-14,19H,3-10H2,1-2H3,(H,17,20). The minimum absolute atomic E-state index is 0.0225. The van der Waals surface area contributed by atoms with Crippen LogP contribution in [-0.4, -0.2) is 47.1 Å². The van der Waals surface area contributed by atoms with Gasteiger partial charge in [0.1, 0.15) is 6.04 Å². The van der Waals surface area contributed by atoms with Crippen LogP contribution in [0.25, 0.3) is 0 Å². The van der Waals surface area contributed by atoms with Gasteiger partial charge in [-0.3, -0.25) is 9.59 Å². The molecule has 1 aliphatic heterocycles. The predicted octanol–water partition coefficient (Wildman–Crippen LogP) is 1.30. The normalized spacial score (nSPS) is 25.9. The summed E-state index contributed by atoms with van der Waals surface area (Å²) in [7, 11) is 0. The largest absolute Gasteiger partial charge is 0.396 e. The Morgan fingerprint density at radius 2 is 1.86 bits per heavy atom. The molecule has 1 heterocycles. The van der Waals surface area contributed by atoms with E-state index in [0.29, 0.717) is 6.54 Å². The lowest BCUT2D eigenvalue weighted by Gasteiger charge is -2.28. The molecule has 5 nitrogen and oxygen atoms in total. The van der Waals surface area contributed by atoms with Crippen LogP contribution in [0.15, 0.2) is 0 Å². The van der Waals surface area contributed by atoms with Gasteiger partial charge in [0.15, 0.2) is 0 Å². The SMILES string of the molecule is CC(CO)C(C)NC(=O)C1CCCN1C(=O)C1CCCC1. The van der Waals surface area contributed by atoms with Crippen molar-refractivity contribution in [2.75, 3.05) is 13.2 Å². The number of aliphatic hydroxyl groups is 1. The van der Waals surface area contributed by atoms with Crippen LogP contribution in [0, 0.1) is 11.8 Å². The molecule has 1 aliphatic carbocycles. The van der Waals surface area contributed by atoms with E-state index in [1.807, 2.05) is 13.8 Å². The number of nitrogens with one attached hydrogen (secondary N) is 1. The Morgan fingerprint density at radius 3 is 2.48 bits per heavy atom. The van der Waals surface area contributed by atoms with Gasteiger partial charge < -0.3 is 15.3 Å². The highest BCUT2D eigenvalue weighted by Gasteiger charge is 2.38. The van der Waals surface area contributed by atoms with Crippen LogP contribution in [0.3, 0.4) is 0 Å². The smallest absolute Gasteiger partial charge is 0.243 e. The minimum Gasteiger partial charge on any atom is -0.396 e. The fourth-order valence-corrected chi connectivity index (χ4v) is 3.33. The van der Waals surface area contributed by atoms with Gasteiger partial charge in [0, 0.05) is 25.1 Å².